The van der Waals surface area contributed by atoms with Crippen molar-refractivity contribution in [3.05, 3.63) is 35.6 Å². The topological polar surface area (TPSA) is 38.8 Å². The summed E-state index contributed by atoms with van der Waals surface area (Å²) in [4.78, 5) is 13.5. The lowest BCUT2D eigenvalue weighted by atomic mass is 10.1. The molecule has 1 aliphatic rings. The number of rotatable bonds is 5. The molecule has 0 radical (unpaired) electrons. The molecule has 0 unspecified atom stereocenters. The number of benzene rings is 1. The summed E-state index contributed by atoms with van der Waals surface area (Å²) < 4.78 is 59.0. The van der Waals surface area contributed by atoms with Crippen LogP contribution in [0.5, 0.6) is 0 Å². The second-order valence-corrected chi connectivity index (χ2v) is 5.17. The average Bonchev–Trinajstić information content (AvgIpc) is 2.50. The van der Waals surface area contributed by atoms with E-state index in [9.17, 15) is 22.4 Å². The number of morpholine rings is 1. The highest BCUT2D eigenvalue weighted by molar-refractivity contribution is 5.76. The molecule has 1 aliphatic heterocycles. The van der Waals surface area contributed by atoms with Crippen molar-refractivity contribution in [3.8, 4) is 0 Å². The van der Waals surface area contributed by atoms with Crippen molar-refractivity contribution in [1.29, 1.82) is 0 Å². The van der Waals surface area contributed by atoms with Crippen molar-refractivity contribution in [2.24, 2.45) is 0 Å². The van der Waals surface area contributed by atoms with E-state index in [-0.39, 0.29) is 32.1 Å². The van der Waals surface area contributed by atoms with Crippen molar-refractivity contribution in [2.75, 3.05) is 32.9 Å². The van der Waals surface area contributed by atoms with E-state index < -0.39 is 24.7 Å². The van der Waals surface area contributed by atoms with E-state index in [0.29, 0.717) is 12.1 Å². The molecule has 1 aromatic rings. The van der Waals surface area contributed by atoms with Gasteiger partial charge in [-0.1, -0.05) is 12.1 Å². The van der Waals surface area contributed by atoms with Gasteiger partial charge < -0.3 is 14.4 Å². The summed E-state index contributed by atoms with van der Waals surface area (Å²) in [6.45, 7) is -0.780. The Labute approximate surface area is 131 Å². The number of ether oxygens (including phenoxy) is 2. The Bertz CT molecular complexity index is 536. The van der Waals surface area contributed by atoms with Gasteiger partial charge in [0.15, 0.2) is 0 Å². The van der Waals surface area contributed by atoms with E-state index in [0.717, 1.165) is 0 Å². The molecule has 1 saturated heterocycles. The molecule has 23 heavy (non-hydrogen) atoms. The Kier molecular flexibility index (Phi) is 5.95. The number of nitrogens with zero attached hydrogens (tertiary/aromatic N) is 1. The zero-order valence-corrected chi connectivity index (χ0v) is 12.3. The summed E-state index contributed by atoms with van der Waals surface area (Å²) in [6.07, 6.45) is -4.98. The number of alkyl halides is 3. The van der Waals surface area contributed by atoms with Crippen LogP contribution in [0.2, 0.25) is 0 Å². The monoisotopic (exact) mass is 335 g/mol. The SMILES string of the molecule is O=C(CCOCC(F)(F)F)N1CCO[C@H](c2cccc(F)c2)C1. The molecule has 1 atom stereocenters. The lowest BCUT2D eigenvalue weighted by Crippen LogP contribution is -2.42. The molecule has 2 rings (SSSR count). The van der Waals surface area contributed by atoms with Crippen molar-refractivity contribution in [1.82, 2.24) is 4.90 Å². The minimum Gasteiger partial charge on any atom is -0.372 e. The summed E-state index contributed by atoms with van der Waals surface area (Å²) in [6, 6.07) is 5.91. The second-order valence-electron chi connectivity index (χ2n) is 5.17. The Morgan fingerprint density at radius 2 is 2.17 bits per heavy atom. The molecular weight excluding hydrogens is 318 g/mol. The molecule has 1 heterocycles. The van der Waals surface area contributed by atoms with Crippen LogP contribution in [0.25, 0.3) is 0 Å². The molecule has 0 bridgehead atoms. The molecule has 0 spiro atoms. The molecule has 1 amide bonds. The zero-order chi connectivity index (χ0) is 16.9. The minimum absolute atomic E-state index is 0.133. The van der Waals surface area contributed by atoms with Gasteiger partial charge in [-0.25, -0.2) is 4.39 Å². The van der Waals surface area contributed by atoms with E-state index in [1.807, 2.05) is 0 Å². The first-order chi connectivity index (χ1) is 10.8. The first kappa shape index (κ1) is 17.7. The number of amides is 1. The third kappa shape index (κ3) is 5.80. The van der Waals surface area contributed by atoms with Gasteiger partial charge in [-0.3, -0.25) is 4.79 Å². The molecule has 0 N–H and O–H groups in total. The fourth-order valence-electron chi connectivity index (χ4n) is 2.29. The molecule has 0 aliphatic carbocycles. The van der Waals surface area contributed by atoms with Crippen molar-refractivity contribution in [2.45, 2.75) is 18.7 Å². The largest absolute Gasteiger partial charge is 0.411 e. The normalized spacial score (nSPS) is 19.0. The second kappa shape index (κ2) is 7.74. The maximum absolute atomic E-state index is 13.2. The van der Waals surface area contributed by atoms with Gasteiger partial charge in [-0.15, -0.1) is 0 Å². The number of carbonyl (C=O) groups excluding carboxylic acids is 1. The third-order valence-corrected chi connectivity index (χ3v) is 3.37. The van der Waals surface area contributed by atoms with E-state index in [2.05, 4.69) is 4.74 Å². The van der Waals surface area contributed by atoms with Gasteiger partial charge in [0.2, 0.25) is 5.91 Å². The Balaban J connectivity index is 1.82. The van der Waals surface area contributed by atoms with Crippen molar-refractivity contribution in [3.63, 3.8) is 0 Å². The van der Waals surface area contributed by atoms with Crippen LogP contribution in [0.4, 0.5) is 17.6 Å². The van der Waals surface area contributed by atoms with E-state index in [1.165, 1.54) is 17.0 Å². The molecular formula is C15H17F4NO3. The Hall–Kier alpha value is -1.67. The van der Waals surface area contributed by atoms with Gasteiger partial charge in [0.25, 0.3) is 0 Å². The molecule has 8 heteroatoms. The standard InChI is InChI=1S/C15H17F4NO3/c16-12-3-1-2-11(8-12)13-9-20(5-7-23-13)14(21)4-6-22-10-15(17,18)19/h1-3,8,13H,4-7,9-10H2/t13-/m0/s1. The summed E-state index contributed by atoms with van der Waals surface area (Å²) >= 11 is 0. The van der Waals surface area contributed by atoms with Gasteiger partial charge >= 0.3 is 6.18 Å². The predicted molar refractivity (Wildman–Crippen MR) is 73.2 cm³/mol. The van der Waals surface area contributed by atoms with E-state index in [1.54, 1.807) is 12.1 Å². The number of hydrogen-bond acceptors (Lipinski definition) is 3. The lowest BCUT2D eigenvalue weighted by molar-refractivity contribution is -0.175. The summed E-state index contributed by atoms with van der Waals surface area (Å²) in [5.41, 5.74) is 0.621. The maximum atomic E-state index is 13.2. The van der Waals surface area contributed by atoms with Crippen LogP contribution in [0.3, 0.4) is 0 Å². The van der Waals surface area contributed by atoms with Crippen LogP contribution in [-0.4, -0.2) is 49.9 Å². The van der Waals surface area contributed by atoms with Crippen LogP contribution in [0.1, 0.15) is 18.1 Å². The Morgan fingerprint density at radius 1 is 1.39 bits per heavy atom. The highest BCUT2D eigenvalue weighted by Gasteiger charge is 2.28. The van der Waals surface area contributed by atoms with Crippen LogP contribution in [-0.2, 0) is 14.3 Å². The van der Waals surface area contributed by atoms with E-state index >= 15 is 0 Å². The quantitative estimate of drug-likeness (QED) is 0.613. The molecule has 1 fully saturated rings. The summed E-state index contributed by atoms with van der Waals surface area (Å²) in [7, 11) is 0. The van der Waals surface area contributed by atoms with Crippen molar-refractivity contribution >= 4 is 5.91 Å². The number of carbonyl (C=O) groups is 1. The van der Waals surface area contributed by atoms with Gasteiger partial charge in [0.1, 0.15) is 18.5 Å². The molecule has 0 aromatic heterocycles. The molecule has 4 nitrogen and oxygen atoms in total. The third-order valence-electron chi connectivity index (χ3n) is 3.37. The first-order valence-corrected chi connectivity index (χ1v) is 7.14. The number of halogens is 4. The lowest BCUT2D eigenvalue weighted by Gasteiger charge is -2.33. The van der Waals surface area contributed by atoms with Crippen LogP contribution in [0.15, 0.2) is 24.3 Å². The van der Waals surface area contributed by atoms with Gasteiger partial charge in [-0.2, -0.15) is 13.2 Å². The molecule has 1 aromatic carbocycles. The fourth-order valence-corrected chi connectivity index (χ4v) is 2.29. The summed E-state index contributed by atoms with van der Waals surface area (Å²) in [5, 5.41) is 0. The molecule has 128 valence electrons. The maximum Gasteiger partial charge on any atom is 0.411 e. The number of hydrogen-bond donors (Lipinski definition) is 0. The summed E-state index contributed by atoms with van der Waals surface area (Å²) in [5.74, 6) is -0.702. The minimum atomic E-state index is -4.40. The van der Waals surface area contributed by atoms with Crippen LogP contribution < -0.4 is 0 Å². The highest BCUT2D eigenvalue weighted by atomic mass is 19.4. The predicted octanol–water partition coefficient (Wildman–Crippen LogP) is 2.69. The Morgan fingerprint density at radius 3 is 2.87 bits per heavy atom. The van der Waals surface area contributed by atoms with Gasteiger partial charge in [-0.05, 0) is 17.7 Å². The van der Waals surface area contributed by atoms with Crippen LogP contribution in [0, 0.1) is 5.82 Å². The van der Waals surface area contributed by atoms with Gasteiger partial charge in [0.05, 0.1) is 26.2 Å². The van der Waals surface area contributed by atoms with Gasteiger partial charge in [0, 0.05) is 6.54 Å². The fraction of sp³-hybridized carbons (Fsp3) is 0.533. The van der Waals surface area contributed by atoms with Crippen LogP contribution >= 0.6 is 0 Å². The average molecular weight is 335 g/mol. The molecule has 0 saturated carbocycles. The van der Waals surface area contributed by atoms with Crippen molar-refractivity contribution < 1.29 is 31.8 Å². The zero-order valence-electron chi connectivity index (χ0n) is 12.3. The van der Waals surface area contributed by atoms with E-state index in [4.69, 9.17) is 4.74 Å². The first-order valence-electron chi connectivity index (χ1n) is 7.14. The highest BCUT2D eigenvalue weighted by Crippen LogP contribution is 2.23. The smallest absolute Gasteiger partial charge is 0.372 e.